The van der Waals surface area contributed by atoms with Crippen molar-refractivity contribution < 1.29 is 22.7 Å². The lowest BCUT2D eigenvalue weighted by Crippen LogP contribution is -2.10. The Morgan fingerprint density at radius 3 is 2.33 bits per heavy atom. The second-order valence-corrected chi connectivity index (χ2v) is 4.67. The number of aromatic nitrogens is 2. The van der Waals surface area contributed by atoms with Crippen molar-refractivity contribution >= 4 is 0 Å². The van der Waals surface area contributed by atoms with E-state index in [1.54, 1.807) is 19.9 Å². The third-order valence-corrected chi connectivity index (χ3v) is 3.05. The second kappa shape index (κ2) is 5.40. The number of alkyl halides is 3. The van der Waals surface area contributed by atoms with Gasteiger partial charge >= 0.3 is 6.18 Å². The molecule has 0 aliphatic carbocycles. The normalized spacial score (nSPS) is 13.3. The average Bonchev–Trinajstić information content (AvgIpc) is 2.39. The number of nitrogens with zero attached hydrogens (tertiary/aromatic N) is 2. The van der Waals surface area contributed by atoms with Crippen LogP contribution in [0.5, 0.6) is 0 Å². The van der Waals surface area contributed by atoms with Gasteiger partial charge in [0.1, 0.15) is 11.9 Å². The molecule has 1 unspecified atom stereocenters. The molecule has 0 amide bonds. The van der Waals surface area contributed by atoms with Crippen molar-refractivity contribution in [1.82, 2.24) is 10.2 Å². The summed E-state index contributed by atoms with van der Waals surface area (Å²) in [7, 11) is 0. The van der Waals surface area contributed by atoms with Crippen molar-refractivity contribution in [3.8, 4) is 0 Å². The van der Waals surface area contributed by atoms with Crippen LogP contribution in [0.25, 0.3) is 0 Å². The molecule has 0 bridgehead atoms. The summed E-state index contributed by atoms with van der Waals surface area (Å²) in [6.45, 7) is 3.27. The lowest BCUT2D eigenvalue weighted by molar-refractivity contribution is -0.140. The Bertz CT molecular complexity index is 671. The van der Waals surface area contributed by atoms with Crippen LogP contribution in [0.2, 0.25) is 0 Å². The summed E-state index contributed by atoms with van der Waals surface area (Å²) in [5.74, 6) is -1.42. The number of benzene rings is 1. The van der Waals surface area contributed by atoms with Crippen LogP contribution in [0.15, 0.2) is 24.3 Å². The first-order chi connectivity index (χ1) is 9.70. The van der Waals surface area contributed by atoms with Crippen LogP contribution >= 0.6 is 0 Å². The van der Waals surface area contributed by atoms with Crippen molar-refractivity contribution in [2.75, 3.05) is 0 Å². The maximum atomic E-state index is 13.5. The van der Waals surface area contributed by atoms with Crippen molar-refractivity contribution in [2.45, 2.75) is 26.1 Å². The summed E-state index contributed by atoms with van der Waals surface area (Å²) in [4.78, 5) is 0. The van der Waals surface area contributed by atoms with E-state index in [1.165, 1.54) is 0 Å². The molecule has 0 aliphatic rings. The van der Waals surface area contributed by atoms with Gasteiger partial charge in [0.2, 0.25) is 0 Å². The first kappa shape index (κ1) is 15.4. The van der Waals surface area contributed by atoms with E-state index >= 15 is 0 Å². The van der Waals surface area contributed by atoms with Gasteiger partial charge < -0.3 is 5.11 Å². The Morgan fingerprint density at radius 2 is 1.76 bits per heavy atom. The van der Waals surface area contributed by atoms with E-state index in [0.29, 0.717) is 29.1 Å². The molecule has 3 nitrogen and oxygen atoms in total. The van der Waals surface area contributed by atoms with Crippen LogP contribution in [0.4, 0.5) is 17.6 Å². The van der Waals surface area contributed by atoms with Crippen LogP contribution < -0.4 is 0 Å². The van der Waals surface area contributed by atoms with Crippen molar-refractivity contribution in [2.24, 2.45) is 0 Å². The summed E-state index contributed by atoms with van der Waals surface area (Å²) in [6, 6.07) is 3.90. The highest BCUT2D eigenvalue weighted by molar-refractivity contribution is 5.35. The maximum Gasteiger partial charge on any atom is 0.419 e. The fourth-order valence-corrected chi connectivity index (χ4v) is 1.96. The molecule has 0 spiro atoms. The van der Waals surface area contributed by atoms with Crippen LogP contribution in [0.3, 0.4) is 0 Å². The molecule has 1 N–H and O–H groups in total. The van der Waals surface area contributed by atoms with Gasteiger partial charge in [-0.25, -0.2) is 4.39 Å². The molecule has 0 aliphatic heterocycles. The minimum Gasteiger partial charge on any atom is -0.384 e. The van der Waals surface area contributed by atoms with Gasteiger partial charge in [0.05, 0.1) is 17.0 Å². The summed E-state index contributed by atoms with van der Waals surface area (Å²) in [5.41, 5.74) is 0.00676. The average molecular weight is 300 g/mol. The van der Waals surface area contributed by atoms with E-state index in [2.05, 4.69) is 10.2 Å². The molecule has 7 heteroatoms. The zero-order valence-corrected chi connectivity index (χ0v) is 11.2. The molecule has 1 atom stereocenters. The molecule has 2 aromatic rings. The summed E-state index contributed by atoms with van der Waals surface area (Å²) >= 11 is 0. The monoisotopic (exact) mass is 300 g/mol. The number of aryl methyl sites for hydroxylation is 2. The standard InChI is InChI=1S/C14H12F4N2O/c1-7-5-10(8(2)20-19-7)13(21)9-3-4-11(12(15)6-9)14(16,17)18/h3-6,13,21H,1-2H3. The first-order valence-electron chi connectivity index (χ1n) is 6.05. The molecule has 0 saturated heterocycles. The molecule has 0 radical (unpaired) electrons. The Balaban J connectivity index is 2.43. The fourth-order valence-electron chi connectivity index (χ4n) is 1.96. The van der Waals surface area contributed by atoms with E-state index in [1.807, 2.05) is 0 Å². The van der Waals surface area contributed by atoms with Crippen molar-refractivity contribution in [1.29, 1.82) is 0 Å². The zero-order valence-electron chi connectivity index (χ0n) is 11.2. The number of halogens is 4. The molecule has 0 fully saturated rings. The second-order valence-electron chi connectivity index (χ2n) is 4.67. The summed E-state index contributed by atoms with van der Waals surface area (Å²) in [6.07, 6.45) is -6.03. The topological polar surface area (TPSA) is 46.0 Å². The SMILES string of the molecule is Cc1cc(C(O)c2ccc(C(F)(F)F)c(F)c2)c(C)nn1. The van der Waals surface area contributed by atoms with E-state index < -0.39 is 23.7 Å². The molecule has 1 aromatic heterocycles. The molecule has 0 saturated carbocycles. The number of aliphatic hydroxyl groups is 1. The number of hydrogen-bond acceptors (Lipinski definition) is 3. The molecule has 2 rings (SSSR count). The minimum atomic E-state index is -4.77. The van der Waals surface area contributed by atoms with Gasteiger partial charge in [-0.3, -0.25) is 0 Å². The van der Waals surface area contributed by atoms with Crippen LogP contribution in [0, 0.1) is 19.7 Å². The van der Waals surface area contributed by atoms with E-state index in [9.17, 15) is 22.7 Å². The molecule has 21 heavy (non-hydrogen) atoms. The van der Waals surface area contributed by atoms with Gasteiger partial charge in [0, 0.05) is 5.56 Å². The largest absolute Gasteiger partial charge is 0.419 e. The number of hydrogen-bond donors (Lipinski definition) is 1. The van der Waals surface area contributed by atoms with E-state index in [0.717, 1.165) is 6.07 Å². The number of aliphatic hydroxyl groups excluding tert-OH is 1. The molecular weight excluding hydrogens is 288 g/mol. The maximum absolute atomic E-state index is 13.5. The van der Waals surface area contributed by atoms with Crippen LogP contribution in [-0.4, -0.2) is 15.3 Å². The van der Waals surface area contributed by atoms with Gasteiger partial charge in [-0.1, -0.05) is 6.07 Å². The molecule has 1 heterocycles. The van der Waals surface area contributed by atoms with Crippen molar-refractivity contribution in [3.05, 3.63) is 58.2 Å². The highest BCUT2D eigenvalue weighted by Crippen LogP contribution is 2.33. The van der Waals surface area contributed by atoms with Crippen LogP contribution in [0.1, 0.15) is 34.2 Å². The van der Waals surface area contributed by atoms with Gasteiger partial charge in [-0.15, -0.1) is 0 Å². The highest BCUT2D eigenvalue weighted by Gasteiger charge is 2.34. The Hall–Kier alpha value is -2.02. The highest BCUT2D eigenvalue weighted by atomic mass is 19.4. The lowest BCUT2D eigenvalue weighted by Gasteiger charge is -2.15. The fraction of sp³-hybridized carbons (Fsp3) is 0.286. The third-order valence-electron chi connectivity index (χ3n) is 3.05. The van der Waals surface area contributed by atoms with Crippen LogP contribution in [-0.2, 0) is 6.18 Å². The Morgan fingerprint density at radius 1 is 1.10 bits per heavy atom. The van der Waals surface area contributed by atoms with Gasteiger partial charge in [-0.2, -0.15) is 23.4 Å². The van der Waals surface area contributed by atoms with Gasteiger partial charge in [0.25, 0.3) is 0 Å². The quantitative estimate of drug-likeness (QED) is 0.865. The number of rotatable bonds is 2. The summed E-state index contributed by atoms with van der Waals surface area (Å²) < 4.78 is 51.0. The molecule has 1 aromatic carbocycles. The third kappa shape index (κ3) is 3.18. The summed E-state index contributed by atoms with van der Waals surface area (Å²) in [5, 5.41) is 17.8. The van der Waals surface area contributed by atoms with Crippen molar-refractivity contribution in [3.63, 3.8) is 0 Å². The predicted molar refractivity (Wildman–Crippen MR) is 67.0 cm³/mol. The molecular formula is C14H12F4N2O. The Labute approximate surface area is 118 Å². The lowest BCUT2D eigenvalue weighted by atomic mass is 9.99. The zero-order chi connectivity index (χ0) is 15.8. The first-order valence-corrected chi connectivity index (χ1v) is 6.05. The minimum absolute atomic E-state index is 0.0241. The molecule has 112 valence electrons. The van der Waals surface area contributed by atoms with Gasteiger partial charge in [-0.05, 0) is 37.6 Å². The van der Waals surface area contributed by atoms with E-state index in [4.69, 9.17) is 0 Å². The van der Waals surface area contributed by atoms with Gasteiger partial charge in [0.15, 0.2) is 0 Å². The smallest absolute Gasteiger partial charge is 0.384 e. The van der Waals surface area contributed by atoms with E-state index in [-0.39, 0.29) is 5.56 Å². The predicted octanol–water partition coefficient (Wildman–Crippen LogP) is 3.33. The Kier molecular flexibility index (Phi) is 3.95.